The molecule has 3 rings (SSSR count). The number of nitrogens with one attached hydrogen (secondary N) is 1. The Kier molecular flexibility index (Phi) is 9.30. The van der Waals surface area contributed by atoms with Gasteiger partial charge in [0.1, 0.15) is 0 Å². The molecular formula is C20H31Cl2N5. The van der Waals surface area contributed by atoms with E-state index in [2.05, 4.69) is 56.1 Å². The minimum atomic E-state index is 0. The van der Waals surface area contributed by atoms with Crippen molar-refractivity contribution in [3.8, 4) is 0 Å². The van der Waals surface area contributed by atoms with E-state index in [-0.39, 0.29) is 24.8 Å². The molecule has 1 N–H and O–H groups in total. The fourth-order valence-corrected chi connectivity index (χ4v) is 3.44. The number of hydrogen-bond donors (Lipinski definition) is 1. The number of anilines is 1. The largest absolute Gasteiger partial charge is 0.383 e. The van der Waals surface area contributed by atoms with Crippen LogP contribution in [0.3, 0.4) is 0 Å². The van der Waals surface area contributed by atoms with E-state index in [4.69, 9.17) is 10.1 Å². The van der Waals surface area contributed by atoms with Gasteiger partial charge in [0.05, 0.1) is 22.3 Å². The summed E-state index contributed by atoms with van der Waals surface area (Å²) < 4.78 is 2.05. The van der Waals surface area contributed by atoms with E-state index in [1.54, 1.807) is 0 Å². The first-order chi connectivity index (χ1) is 12.2. The average Bonchev–Trinajstić information content (AvgIpc) is 2.94. The van der Waals surface area contributed by atoms with Crippen molar-refractivity contribution in [2.75, 3.05) is 31.5 Å². The highest BCUT2D eigenvalue weighted by Gasteiger charge is 2.16. The van der Waals surface area contributed by atoms with Crippen molar-refractivity contribution in [3.63, 3.8) is 0 Å². The Morgan fingerprint density at radius 3 is 2.44 bits per heavy atom. The standard InChI is InChI=1S/C20H29N5.2ClH/c1-5-13-25-20-18(15(4)23-25)19(21-12-14-24(6-2)7-3)16-10-8-9-11-17(16)22-20;;/h8-11H,5-7,12-14H2,1-4H3,(H,21,22);2*1H. The van der Waals surface area contributed by atoms with Crippen molar-refractivity contribution in [1.82, 2.24) is 19.7 Å². The zero-order valence-electron chi connectivity index (χ0n) is 16.7. The molecule has 0 spiro atoms. The quantitative estimate of drug-likeness (QED) is 0.572. The predicted octanol–water partition coefficient (Wildman–Crippen LogP) is 4.90. The lowest BCUT2D eigenvalue weighted by Crippen LogP contribution is -2.28. The van der Waals surface area contributed by atoms with E-state index in [9.17, 15) is 0 Å². The van der Waals surface area contributed by atoms with Gasteiger partial charge in [-0.25, -0.2) is 9.67 Å². The molecule has 2 aromatic heterocycles. The van der Waals surface area contributed by atoms with Crippen molar-refractivity contribution < 1.29 is 0 Å². The molecular weight excluding hydrogens is 381 g/mol. The van der Waals surface area contributed by atoms with E-state index >= 15 is 0 Å². The van der Waals surface area contributed by atoms with Gasteiger partial charge in [-0.05, 0) is 32.5 Å². The molecule has 0 fully saturated rings. The van der Waals surface area contributed by atoms with Gasteiger partial charge in [0.25, 0.3) is 0 Å². The van der Waals surface area contributed by atoms with Gasteiger partial charge in [-0.3, -0.25) is 0 Å². The summed E-state index contributed by atoms with van der Waals surface area (Å²) in [6.07, 6.45) is 1.05. The minimum absolute atomic E-state index is 0. The molecule has 0 aliphatic rings. The highest BCUT2D eigenvalue weighted by atomic mass is 35.5. The third kappa shape index (κ3) is 4.84. The molecule has 0 saturated heterocycles. The van der Waals surface area contributed by atoms with Crippen LogP contribution in [-0.2, 0) is 6.54 Å². The highest BCUT2D eigenvalue weighted by molar-refractivity contribution is 6.07. The molecule has 5 nitrogen and oxygen atoms in total. The zero-order chi connectivity index (χ0) is 17.8. The Morgan fingerprint density at radius 2 is 1.78 bits per heavy atom. The van der Waals surface area contributed by atoms with Gasteiger partial charge in [0.2, 0.25) is 0 Å². The number of benzene rings is 1. The maximum Gasteiger partial charge on any atom is 0.160 e. The third-order valence-corrected chi connectivity index (χ3v) is 4.81. The van der Waals surface area contributed by atoms with Crippen molar-refractivity contribution >= 4 is 52.4 Å². The number of fused-ring (bicyclic) bond motifs is 2. The summed E-state index contributed by atoms with van der Waals surface area (Å²) in [6, 6.07) is 8.37. The van der Waals surface area contributed by atoms with Crippen LogP contribution in [0.2, 0.25) is 0 Å². The van der Waals surface area contributed by atoms with Crippen LogP contribution in [0.15, 0.2) is 24.3 Å². The number of hydrogen-bond acceptors (Lipinski definition) is 4. The van der Waals surface area contributed by atoms with Crippen LogP contribution < -0.4 is 5.32 Å². The number of aryl methyl sites for hydroxylation is 2. The molecule has 0 unspecified atom stereocenters. The normalized spacial score (nSPS) is 10.9. The lowest BCUT2D eigenvalue weighted by Gasteiger charge is -2.19. The summed E-state index contributed by atoms with van der Waals surface area (Å²) >= 11 is 0. The van der Waals surface area contributed by atoms with E-state index < -0.39 is 0 Å². The van der Waals surface area contributed by atoms with Crippen LogP contribution in [0.1, 0.15) is 32.9 Å². The van der Waals surface area contributed by atoms with Crippen molar-refractivity contribution in [3.05, 3.63) is 30.0 Å². The predicted molar refractivity (Wildman–Crippen MR) is 121 cm³/mol. The molecule has 0 saturated carbocycles. The van der Waals surface area contributed by atoms with Gasteiger partial charge in [-0.2, -0.15) is 5.10 Å². The van der Waals surface area contributed by atoms with Crippen LogP contribution in [0.4, 0.5) is 5.69 Å². The first-order valence-corrected chi connectivity index (χ1v) is 9.41. The topological polar surface area (TPSA) is 46.0 Å². The molecule has 0 bridgehead atoms. The number of likely N-dealkylation sites (N-methyl/N-ethyl adjacent to an activating group) is 1. The average molecular weight is 412 g/mol. The summed E-state index contributed by atoms with van der Waals surface area (Å²) in [7, 11) is 0. The highest BCUT2D eigenvalue weighted by Crippen LogP contribution is 2.32. The lowest BCUT2D eigenvalue weighted by molar-refractivity contribution is 0.316. The fourth-order valence-electron chi connectivity index (χ4n) is 3.44. The zero-order valence-corrected chi connectivity index (χ0v) is 18.3. The van der Waals surface area contributed by atoms with Crippen LogP contribution in [-0.4, -0.2) is 45.8 Å². The molecule has 150 valence electrons. The smallest absolute Gasteiger partial charge is 0.160 e. The molecule has 1 aromatic carbocycles. The van der Waals surface area contributed by atoms with E-state index in [1.807, 2.05) is 10.7 Å². The van der Waals surface area contributed by atoms with Crippen molar-refractivity contribution in [1.29, 1.82) is 0 Å². The van der Waals surface area contributed by atoms with Gasteiger partial charge < -0.3 is 10.2 Å². The first-order valence-electron chi connectivity index (χ1n) is 9.41. The Bertz CT molecular complexity index is 858. The van der Waals surface area contributed by atoms with Gasteiger partial charge in [-0.15, -0.1) is 24.8 Å². The number of rotatable bonds is 8. The summed E-state index contributed by atoms with van der Waals surface area (Å²) in [6.45, 7) is 13.7. The SMILES string of the molecule is CCCn1nc(C)c2c(NCCN(CC)CC)c3ccccc3nc21.Cl.Cl. The second-order valence-electron chi connectivity index (χ2n) is 6.46. The molecule has 0 aliphatic heterocycles. The summed E-state index contributed by atoms with van der Waals surface area (Å²) in [4.78, 5) is 7.33. The van der Waals surface area contributed by atoms with Crippen LogP contribution in [0, 0.1) is 6.92 Å². The van der Waals surface area contributed by atoms with Crippen LogP contribution in [0.25, 0.3) is 21.9 Å². The summed E-state index contributed by atoms with van der Waals surface area (Å²) in [5.41, 5.74) is 4.24. The third-order valence-electron chi connectivity index (χ3n) is 4.81. The summed E-state index contributed by atoms with van der Waals surface area (Å²) in [5.74, 6) is 0. The van der Waals surface area contributed by atoms with Crippen molar-refractivity contribution in [2.24, 2.45) is 0 Å². The fraction of sp³-hybridized carbons (Fsp3) is 0.500. The van der Waals surface area contributed by atoms with E-state index in [0.29, 0.717) is 0 Å². The maximum atomic E-state index is 4.90. The molecule has 0 atom stereocenters. The Balaban J connectivity index is 0.00000182. The van der Waals surface area contributed by atoms with Crippen molar-refractivity contribution in [2.45, 2.75) is 40.7 Å². The number of nitrogens with zero attached hydrogens (tertiary/aromatic N) is 4. The number of aromatic nitrogens is 3. The van der Waals surface area contributed by atoms with Gasteiger partial charge >= 0.3 is 0 Å². The molecule has 2 heterocycles. The monoisotopic (exact) mass is 411 g/mol. The lowest BCUT2D eigenvalue weighted by atomic mass is 10.1. The molecule has 27 heavy (non-hydrogen) atoms. The molecule has 0 radical (unpaired) electrons. The number of halogens is 2. The Hall–Kier alpha value is -1.56. The molecule has 0 aliphatic carbocycles. The first kappa shape index (κ1) is 23.5. The van der Waals surface area contributed by atoms with Gasteiger partial charge in [-0.1, -0.05) is 39.0 Å². The van der Waals surface area contributed by atoms with E-state index in [1.165, 1.54) is 11.1 Å². The molecule has 3 aromatic rings. The molecule has 7 heteroatoms. The van der Waals surface area contributed by atoms with Crippen LogP contribution in [0.5, 0.6) is 0 Å². The number of pyridine rings is 1. The summed E-state index contributed by atoms with van der Waals surface area (Å²) in [5, 5.41) is 10.8. The Labute approximate surface area is 174 Å². The van der Waals surface area contributed by atoms with Crippen LogP contribution >= 0.6 is 24.8 Å². The molecule has 0 amide bonds. The second kappa shape index (κ2) is 10.7. The Morgan fingerprint density at radius 1 is 1.07 bits per heavy atom. The van der Waals surface area contributed by atoms with E-state index in [0.717, 1.165) is 61.4 Å². The van der Waals surface area contributed by atoms with Gasteiger partial charge in [0, 0.05) is 25.0 Å². The number of para-hydroxylation sites is 1. The maximum absolute atomic E-state index is 4.90. The minimum Gasteiger partial charge on any atom is -0.383 e. The van der Waals surface area contributed by atoms with Gasteiger partial charge in [0.15, 0.2) is 5.65 Å². The second-order valence-corrected chi connectivity index (χ2v) is 6.46.